The minimum atomic E-state index is 0.472. The van der Waals surface area contributed by atoms with Crippen LogP contribution in [0.25, 0.3) is 0 Å². The molecule has 4 nitrogen and oxygen atoms in total. The minimum Gasteiger partial charge on any atom is -0.480 e. The predicted molar refractivity (Wildman–Crippen MR) is 80.5 cm³/mol. The average Bonchev–Trinajstić information content (AvgIpc) is 2.41. The van der Waals surface area contributed by atoms with Gasteiger partial charge in [-0.2, -0.15) is 4.98 Å². The van der Waals surface area contributed by atoms with Gasteiger partial charge in [-0.1, -0.05) is 26.7 Å². The Labute approximate surface area is 123 Å². The number of aromatic nitrogens is 2. The summed E-state index contributed by atoms with van der Waals surface area (Å²) in [4.78, 5) is 8.71. The normalized spacial score (nSPS) is 23.4. The molecule has 2 unspecified atom stereocenters. The van der Waals surface area contributed by atoms with E-state index in [2.05, 4.69) is 45.1 Å². The molecule has 1 saturated carbocycles. The molecule has 0 spiro atoms. The van der Waals surface area contributed by atoms with Crippen molar-refractivity contribution in [1.29, 1.82) is 0 Å². The standard InChI is InChI=1S/C14H22BrN3O/c1-9(2)10-6-4-5-7-12(10)17-14-16-8-11(15)13(18-14)19-3/h8-10,12H,4-7H2,1-3H3,(H,16,17,18). The summed E-state index contributed by atoms with van der Waals surface area (Å²) < 4.78 is 5.99. The van der Waals surface area contributed by atoms with Crippen LogP contribution in [0, 0.1) is 11.8 Å². The summed E-state index contributed by atoms with van der Waals surface area (Å²) in [6, 6.07) is 0.472. The Morgan fingerprint density at radius 3 is 2.79 bits per heavy atom. The summed E-state index contributed by atoms with van der Waals surface area (Å²) in [6.45, 7) is 4.60. The summed E-state index contributed by atoms with van der Waals surface area (Å²) >= 11 is 3.37. The number of halogens is 1. The van der Waals surface area contributed by atoms with E-state index in [1.54, 1.807) is 13.3 Å². The highest BCUT2D eigenvalue weighted by molar-refractivity contribution is 9.10. The quantitative estimate of drug-likeness (QED) is 0.911. The molecule has 0 aromatic carbocycles. The molecule has 106 valence electrons. The van der Waals surface area contributed by atoms with E-state index in [0.29, 0.717) is 29.7 Å². The van der Waals surface area contributed by atoms with Crippen LogP contribution >= 0.6 is 15.9 Å². The summed E-state index contributed by atoms with van der Waals surface area (Å²) in [5, 5.41) is 3.49. The fourth-order valence-electron chi connectivity index (χ4n) is 2.87. The molecule has 19 heavy (non-hydrogen) atoms. The summed E-state index contributed by atoms with van der Waals surface area (Å²) in [6.07, 6.45) is 6.86. The van der Waals surface area contributed by atoms with Gasteiger partial charge in [0.05, 0.1) is 17.8 Å². The Morgan fingerprint density at radius 1 is 1.37 bits per heavy atom. The summed E-state index contributed by atoms with van der Waals surface area (Å²) in [7, 11) is 1.62. The predicted octanol–water partition coefficient (Wildman–Crippen LogP) is 3.87. The molecule has 2 atom stereocenters. The van der Waals surface area contributed by atoms with Crippen LogP contribution in [-0.4, -0.2) is 23.1 Å². The van der Waals surface area contributed by atoms with Gasteiger partial charge in [0.25, 0.3) is 0 Å². The van der Waals surface area contributed by atoms with Crippen LogP contribution in [0.4, 0.5) is 5.95 Å². The van der Waals surface area contributed by atoms with Crippen LogP contribution in [0.5, 0.6) is 5.88 Å². The molecule has 0 bridgehead atoms. The van der Waals surface area contributed by atoms with Crippen molar-refractivity contribution in [2.45, 2.75) is 45.6 Å². The van der Waals surface area contributed by atoms with Crippen molar-refractivity contribution in [3.8, 4) is 5.88 Å². The van der Waals surface area contributed by atoms with Gasteiger partial charge in [0.15, 0.2) is 0 Å². The van der Waals surface area contributed by atoms with Gasteiger partial charge in [-0.25, -0.2) is 4.98 Å². The van der Waals surface area contributed by atoms with Crippen molar-refractivity contribution in [3.05, 3.63) is 10.7 Å². The molecule has 1 aromatic heterocycles. The molecule has 1 heterocycles. The highest BCUT2D eigenvalue weighted by atomic mass is 79.9. The van der Waals surface area contributed by atoms with Crippen molar-refractivity contribution in [3.63, 3.8) is 0 Å². The van der Waals surface area contributed by atoms with Gasteiger partial charge in [-0.15, -0.1) is 0 Å². The first kappa shape index (κ1) is 14.6. The number of hydrogen-bond donors (Lipinski definition) is 1. The van der Waals surface area contributed by atoms with Crippen molar-refractivity contribution < 1.29 is 4.74 Å². The largest absolute Gasteiger partial charge is 0.480 e. The van der Waals surface area contributed by atoms with Gasteiger partial charge < -0.3 is 10.1 Å². The molecule has 0 amide bonds. The van der Waals surface area contributed by atoms with E-state index in [0.717, 1.165) is 4.47 Å². The lowest BCUT2D eigenvalue weighted by Crippen LogP contribution is -2.35. The number of methoxy groups -OCH3 is 1. The van der Waals surface area contributed by atoms with Crippen molar-refractivity contribution in [1.82, 2.24) is 9.97 Å². The molecular formula is C14H22BrN3O. The van der Waals surface area contributed by atoms with E-state index >= 15 is 0 Å². The maximum absolute atomic E-state index is 5.21. The van der Waals surface area contributed by atoms with Crippen LogP contribution in [0.2, 0.25) is 0 Å². The first-order valence-electron chi connectivity index (χ1n) is 6.95. The van der Waals surface area contributed by atoms with E-state index in [-0.39, 0.29) is 0 Å². The lowest BCUT2D eigenvalue weighted by atomic mass is 9.78. The van der Waals surface area contributed by atoms with Crippen LogP contribution < -0.4 is 10.1 Å². The Balaban J connectivity index is 2.10. The Hall–Kier alpha value is -0.840. The molecule has 1 aliphatic rings. The summed E-state index contributed by atoms with van der Waals surface area (Å²) in [5.74, 6) is 2.63. The average molecular weight is 328 g/mol. The van der Waals surface area contributed by atoms with E-state index < -0.39 is 0 Å². The number of nitrogens with one attached hydrogen (secondary N) is 1. The molecule has 0 aliphatic heterocycles. The van der Waals surface area contributed by atoms with Crippen molar-refractivity contribution >= 4 is 21.9 Å². The topological polar surface area (TPSA) is 47.0 Å². The van der Waals surface area contributed by atoms with Crippen LogP contribution in [0.1, 0.15) is 39.5 Å². The molecule has 2 rings (SSSR count). The van der Waals surface area contributed by atoms with Gasteiger partial charge in [0.1, 0.15) is 0 Å². The smallest absolute Gasteiger partial charge is 0.232 e. The number of rotatable bonds is 4. The third-order valence-corrected chi connectivity index (χ3v) is 4.44. The third-order valence-electron chi connectivity index (χ3n) is 3.90. The zero-order chi connectivity index (χ0) is 13.8. The maximum atomic E-state index is 5.21. The molecule has 1 fully saturated rings. The number of ether oxygens (including phenoxy) is 1. The molecule has 5 heteroatoms. The lowest BCUT2D eigenvalue weighted by molar-refractivity contribution is 0.253. The molecule has 1 aromatic rings. The number of anilines is 1. The van der Waals surface area contributed by atoms with E-state index in [1.807, 2.05) is 0 Å². The van der Waals surface area contributed by atoms with Gasteiger partial charge in [0.2, 0.25) is 11.8 Å². The van der Waals surface area contributed by atoms with Gasteiger partial charge in [-0.3, -0.25) is 0 Å². The highest BCUT2D eigenvalue weighted by Gasteiger charge is 2.28. The van der Waals surface area contributed by atoms with Gasteiger partial charge >= 0.3 is 0 Å². The molecule has 1 aliphatic carbocycles. The van der Waals surface area contributed by atoms with Gasteiger partial charge in [0, 0.05) is 6.04 Å². The number of hydrogen-bond acceptors (Lipinski definition) is 4. The maximum Gasteiger partial charge on any atom is 0.232 e. The second-order valence-electron chi connectivity index (χ2n) is 5.49. The highest BCUT2D eigenvalue weighted by Crippen LogP contribution is 2.32. The fraction of sp³-hybridized carbons (Fsp3) is 0.714. The molecule has 1 N–H and O–H groups in total. The lowest BCUT2D eigenvalue weighted by Gasteiger charge is -2.34. The summed E-state index contributed by atoms with van der Waals surface area (Å²) in [5.41, 5.74) is 0. The van der Waals surface area contributed by atoms with E-state index in [9.17, 15) is 0 Å². The van der Waals surface area contributed by atoms with Crippen molar-refractivity contribution in [2.24, 2.45) is 11.8 Å². The molecular weight excluding hydrogens is 306 g/mol. The second kappa shape index (κ2) is 6.55. The van der Waals surface area contributed by atoms with Crippen LogP contribution in [0.15, 0.2) is 10.7 Å². The first-order chi connectivity index (χ1) is 9.11. The van der Waals surface area contributed by atoms with E-state index in [4.69, 9.17) is 4.74 Å². The monoisotopic (exact) mass is 327 g/mol. The Kier molecular flexibility index (Phi) is 5.02. The van der Waals surface area contributed by atoms with Crippen molar-refractivity contribution in [2.75, 3.05) is 12.4 Å². The Bertz CT molecular complexity index is 425. The second-order valence-corrected chi connectivity index (χ2v) is 6.35. The Morgan fingerprint density at radius 2 is 2.11 bits per heavy atom. The van der Waals surface area contributed by atoms with Gasteiger partial charge in [-0.05, 0) is 40.6 Å². The van der Waals surface area contributed by atoms with E-state index in [1.165, 1.54) is 25.7 Å². The zero-order valence-corrected chi connectivity index (χ0v) is 13.4. The molecule has 0 saturated heterocycles. The first-order valence-corrected chi connectivity index (χ1v) is 7.74. The number of nitrogens with zero attached hydrogens (tertiary/aromatic N) is 2. The zero-order valence-electron chi connectivity index (χ0n) is 11.8. The fourth-order valence-corrected chi connectivity index (χ4v) is 3.22. The van der Waals surface area contributed by atoms with Crippen LogP contribution in [0.3, 0.4) is 0 Å². The molecule has 0 radical (unpaired) electrons. The third kappa shape index (κ3) is 3.59. The van der Waals surface area contributed by atoms with Crippen LogP contribution in [-0.2, 0) is 0 Å². The SMILES string of the molecule is COc1nc(NC2CCCCC2C(C)C)ncc1Br. The minimum absolute atomic E-state index is 0.472.